The topological polar surface area (TPSA) is 50.8 Å². The molecule has 1 saturated heterocycles. The van der Waals surface area contributed by atoms with Crippen molar-refractivity contribution in [1.29, 1.82) is 0 Å². The third-order valence-corrected chi connectivity index (χ3v) is 5.78. The second kappa shape index (κ2) is 10.3. The van der Waals surface area contributed by atoms with Crippen molar-refractivity contribution in [2.75, 3.05) is 32.1 Å². The van der Waals surface area contributed by atoms with Gasteiger partial charge in [0, 0.05) is 24.8 Å². The molecular formula is C26H27FN2O3. The summed E-state index contributed by atoms with van der Waals surface area (Å²) in [6.45, 7) is 1.79. The average molecular weight is 435 g/mol. The molecule has 0 aromatic heterocycles. The van der Waals surface area contributed by atoms with Gasteiger partial charge in [0.05, 0.1) is 13.0 Å². The first-order valence-corrected chi connectivity index (χ1v) is 10.7. The molecule has 0 aliphatic carbocycles. The molecule has 0 saturated carbocycles. The third-order valence-electron chi connectivity index (χ3n) is 5.78. The molecule has 32 heavy (non-hydrogen) atoms. The number of amides is 1. The monoisotopic (exact) mass is 434 g/mol. The Balaban J connectivity index is 1.43. The molecule has 166 valence electrons. The van der Waals surface area contributed by atoms with E-state index in [4.69, 9.17) is 9.47 Å². The first kappa shape index (κ1) is 21.8. The number of rotatable bonds is 8. The summed E-state index contributed by atoms with van der Waals surface area (Å²) in [4.78, 5) is 15.2. The largest absolute Gasteiger partial charge is 0.497 e. The van der Waals surface area contributed by atoms with Gasteiger partial charge in [0.1, 0.15) is 23.9 Å². The number of benzene rings is 3. The van der Waals surface area contributed by atoms with Crippen LogP contribution >= 0.6 is 0 Å². The van der Waals surface area contributed by atoms with E-state index in [2.05, 4.69) is 10.2 Å². The van der Waals surface area contributed by atoms with Gasteiger partial charge in [-0.2, -0.15) is 0 Å². The summed E-state index contributed by atoms with van der Waals surface area (Å²) in [6.07, 6.45) is 0.666. The molecule has 3 aromatic carbocycles. The van der Waals surface area contributed by atoms with Crippen molar-refractivity contribution in [1.82, 2.24) is 4.90 Å². The number of anilines is 1. The predicted molar refractivity (Wildman–Crippen MR) is 122 cm³/mol. The predicted octanol–water partition coefficient (Wildman–Crippen LogP) is 4.92. The Kier molecular flexibility index (Phi) is 7.02. The van der Waals surface area contributed by atoms with Crippen molar-refractivity contribution in [2.24, 2.45) is 5.92 Å². The van der Waals surface area contributed by atoms with Gasteiger partial charge in [0.25, 0.3) is 0 Å². The number of nitrogens with one attached hydrogen (secondary N) is 1. The van der Waals surface area contributed by atoms with Crippen molar-refractivity contribution in [3.05, 3.63) is 90.2 Å². The summed E-state index contributed by atoms with van der Waals surface area (Å²) in [5.74, 6) is 1.10. The van der Waals surface area contributed by atoms with Crippen molar-refractivity contribution >= 4 is 11.6 Å². The lowest BCUT2D eigenvalue weighted by molar-refractivity contribution is -0.119. The number of likely N-dealkylation sites (tertiary alicyclic amines) is 1. The minimum atomic E-state index is -0.264. The molecule has 1 N–H and O–H groups in total. The number of para-hydroxylation sites is 1. The molecule has 1 aliphatic heterocycles. The fourth-order valence-corrected chi connectivity index (χ4v) is 4.09. The van der Waals surface area contributed by atoms with Crippen molar-refractivity contribution in [2.45, 2.75) is 12.5 Å². The number of halogens is 1. The first-order valence-electron chi connectivity index (χ1n) is 10.7. The molecule has 5 nitrogen and oxygen atoms in total. The van der Waals surface area contributed by atoms with Crippen LogP contribution in [0.25, 0.3) is 0 Å². The smallest absolute Gasteiger partial charge is 0.228 e. The zero-order valence-corrected chi connectivity index (χ0v) is 18.0. The molecule has 1 heterocycles. The fourth-order valence-electron chi connectivity index (χ4n) is 4.09. The molecule has 4 rings (SSSR count). The van der Waals surface area contributed by atoms with Crippen molar-refractivity contribution in [3.63, 3.8) is 0 Å². The van der Waals surface area contributed by atoms with Crippen LogP contribution in [0.15, 0.2) is 78.9 Å². The lowest BCUT2D eigenvalue weighted by Gasteiger charge is -2.24. The summed E-state index contributed by atoms with van der Waals surface area (Å²) in [5, 5.41) is 3.01. The molecule has 6 heteroatoms. The minimum absolute atomic E-state index is 0.0197. The van der Waals surface area contributed by atoms with Gasteiger partial charge in [-0.25, -0.2) is 4.39 Å². The number of ether oxygens (including phenoxy) is 2. The highest BCUT2D eigenvalue weighted by Gasteiger charge is 2.36. The SMILES string of the molecule is COc1ccc(NC(=O)[C@@H]2C[C@@H](c3ccc(F)cc3)N(CCOc3ccccc3)C2)cc1. The van der Waals surface area contributed by atoms with Gasteiger partial charge in [-0.3, -0.25) is 9.69 Å². The van der Waals surface area contributed by atoms with E-state index in [9.17, 15) is 9.18 Å². The van der Waals surface area contributed by atoms with Crippen LogP contribution in [-0.2, 0) is 4.79 Å². The lowest BCUT2D eigenvalue weighted by atomic mass is 9.99. The Labute approximate surface area is 187 Å². The summed E-state index contributed by atoms with van der Waals surface area (Å²) in [6, 6.07) is 23.5. The number of methoxy groups -OCH3 is 1. The quantitative estimate of drug-likeness (QED) is 0.547. The van der Waals surface area contributed by atoms with E-state index >= 15 is 0 Å². The van der Waals surface area contributed by atoms with E-state index in [1.165, 1.54) is 12.1 Å². The molecule has 2 atom stereocenters. The summed E-state index contributed by atoms with van der Waals surface area (Å²) >= 11 is 0. The summed E-state index contributed by atoms with van der Waals surface area (Å²) in [7, 11) is 1.61. The normalized spacial score (nSPS) is 18.3. The maximum Gasteiger partial charge on any atom is 0.228 e. The minimum Gasteiger partial charge on any atom is -0.497 e. The number of carbonyl (C=O) groups is 1. The van der Waals surface area contributed by atoms with E-state index in [1.54, 1.807) is 19.2 Å². The molecule has 1 amide bonds. The van der Waals surface area contributed by atoms with E-state index < -0.39 is 0 Å². The summed E-state index contributed by atoms with van der Waals surface area (Å²) < 4.78 is 24.5. The third kappa shape index (κ3) is 5.45. The van der Waals surface area contributed by atoms with Gasteiger partial charge in [-0.05, 0) is 60.5 Å². The summed E-state index contributed by atoms with van der Waals surface area (Å²) in [5.41, 5.74) is 1.74. The zero-order valence-electron chi connectivity index (χ0n) is 18.0. The van der Waals surface area contributed by atoms with Gasteiger partial charge in [-0.15, -0.1) is 0 Å². The number of carbonyl (C=O) groups excluding carboxylic acids is 1. The van der Waals surface area contributed by atoms with Gasteiger partial charge in [0.15, 0.2) is 0 Å². The van der Waals surface area contributed by atoms with E-state index in [1.807, 2.05) is 54.6 Å². The molecular weight excluding hydrogens is 407 g/mol. The van der Waals surface area contributed by atoms with Crippen LogP contribution in [0.3, 0.4) is 0 Å². The molecule has 1 fully saturated rings. The number of nitrogens with zero attached hydrogens (tertiary/aromatic N) is 1. The second-order valence-corrected chi connectivity index (χ2v) is 7.87. The Bertz CT molecular complexity index is 1010. The van der Waals surface area contributed by atoms with Crippen LogP contribution in [0.1, 0.15) is 18.0 Å². The van der Waals surface area contributed by atoms with Crippen molar-refractivity contribution < 1.29 is 18.7 Å². The standard InChI is InChI=1S/C26H27FN2O3/c1-31-23-13-11-22(12-14-23)28-26(30)20-17-25(19-7-9-21(27)10-8-19)29(18-20)15-16-32-24-5-3-2-4-6-24/h2-14,20,25H,15-18H2,1H3,(H,28,30)/t20-,25+/m1/s1. The van der Waals surface area contributed by atoms with Crippen LogP contribution in [0.4, 0.5) is 10.1 Å². The highest BCUT2D eigenvalue weighted by molar-refractivity contribution is 5.93. The van der Waals surface area contributed by atoms with E-state index in [-0.39, 0.29) is 23.7 Å². The van der Waals surface area contributed by atoms with Crippen LogP contribution < -0.4 is 14.8 Å². The maximum atomic E-state index is 13.5. The Morgan fingerprint density at radius 1 is 1.00 bits per heavy atom. The average Bonchev–Trinajstić information content (AvgIpc) is 3.25. The number of hydrogen-bond acceptors (Lipinski definition) is 4. The van der Waals surface area contributed by atoms with Crippen LogP contribution in [-0.4, -0.2) is 37.6 Å². The Morgan fingerprint density at radius 3 is 2.41 bits per heavy atom. The Hall–Kier alpha value is -3.38. The second-order valence-electron chi connectivity index (χ2n) is 7.87. The lowest BCUT2D eigenvalue weighted by Crippen LogP contribution is -2.31. The van der Waals surface area contributed by atoms with Gasteiger partial charge < -0.3 is 14.8 Å². The van der Waals surface area contributed by atoms with Gasteiger partial charge in [0.2, 0.25) is 5.91 Å². The van der Waals surface area contributed by atoms with Crippen LogP contribution in [0.2, 0.25) is 0 Å². The first-order chi connectivity index (χ1) is 15.6. The molecule has 0 radical (unpaired) electrons. The zero-order chi connectivity index (χ0) is 22.3. The highest BCUT2D eigenvalue weighted by Crippen LogP contribution is 2.36. The molecule has 0 bridgehead atoms. The van der Waals surface area contributed by atoms with Crippen LogP contribution in [0, 0.1) is 11.7 Å². The fraction of sp³-hybridized carbons (Fsp3) is 0.269. The van der Waals surface area contributed by atoms with E-state index in [0.717, 1.165) is 22.7 Å². The van der Waals surface area contributed by atoms with E-state index in [0.29, 0.717) is 26.1 Å². The number of hydrogen-bond donors (Lipinski definition) is 1. The molecule has 1 aliphatic rings. The van der Waals surface area contributed by atoms with Gasteiger partial charge >= 0.3 is 0 Å². The molecule has 0 unspecified atom stereocenters. The van der Waals surface area contributed by atoms with Gasteiger partial charge in [-0.1, -0.05) is 30.3 Å². The molecule has 0 spiro atoms. The maximum absolute atomic E-state index is 13.5. The van der Waals surface area contributed by atoms with Crippen LogP contribution in [0.5, 0.6) is 11.5 Å². The highest BCUT2D eigenvalue weighted by atomic mass is 19.1. The Morgan fingerprint density at radius 2 is 1.72 bits per heavy atom. The van der Waals surface area contributed by atoms with Crippen molar-refractivity contribution in [3.8, 4) is 11.5 Å². The molecule has 3 aromatic rings.